The first-order valence-corrected chi connectivity index (χ1v) is 16.5. The summed E-state index contributed by atoms with van der Waals surface area (Å²) in [4.78, 5) is 34.9. The van der Waals surface area contributed by atoms with E-state index in [4.69, 9.17) is 22.9 Å². The van der Waals surface area contributed by atoms with Gasteiger partial charge in [-0.05, 0) is 91.2 Å². The molecule has 0 unspecified atom stereocenters. The summed E-state index contributed by atoms with van der Waals surface area (Å²) < 4.78 is 1.58. The number of hydrogen-bond donors (Lipinski definition) is 7. The summed E-state index contributed by atoms with van der Waals surface area (Å²) in [6, 6.07) is 15.6. The molecular formula is C36H54N10O2. The number of nitrogens with two attached hydrogens (primary N) is 4. The molecule has 0 saturated heterocycles. The van der Waals surface area contributed by atoms with Gasteiger partial charge in [-0.15, -0.1) is 0 Å². The maximum atomic E-state index is 12.5. The number of benzene rings is 2. The topological polar surface area (TPSA) is 208 Å². The number of amides is 2. The average molecular weight is 659 g/mol. The molecule has 11 N–H and O–H groups in total. The third-order valence-corrected chi connectivity index (χ3v) is 7.71. The van der Waals surface area contributed by atoms with Gasteiger partial charge in [0.25, 0.3) is 0 Å². The fraction of sp³-hybridized carbons (Fsp3) is 0.444. The number of aromatic nitrogens is 3. The molecule has 2 aromatic heterocycles. The number of fused-ring (bicyclic) bond motifs is 1. The Morgan fingerprint density at radius 2 is 1.62 bits per heavy atom. The molecule has 0 radical (unpaired) electrons. The Balaban J connectivity index is 0.000000286. The minimum Gasteiger partial charge on any atom is -0.370 e. The first-order chi connectivity index (χ1) is 22.6. The van der Waals surface area contributed by atoms with E-state index in [1.807, 2.05) is 42.6 Å². The summed E-state index contributed by atoms with van der Waals surface area (Å²) in [7, 11) is 0. The Kier molecular flexibility index (Phi) is 13.3. The first kappa shape index (κ1) is 37.8. The van der Waals surface area contributed by atoms with Crippen molar-refractivity contribution in [2.75, 3.05) is 25.0 Å². The van der Waals surface area contributed by atoms with Crippen LogP contribution in [0, 0.1) is 0 Å². The molecule has 0 spiro atoms. The van der Waals surface area contributed by atoms with Crippen molar-refractivity contribution >= 4 is 28.7 Å². The second-order valence-corrected chi connectivity index (χ2v) is 14.0. The number of primary amides is 1. The van der Waals surface area contributed by atoms with E-state index in [0.29, 0.717) is 18.7 Å². The number of unbranched alkanes of at least 4 members (excludes halogenated alkanes) is 1. The van der Waals surface area contributed by atoms with E-state index >= 15 is 0 Å². The molecule has 260 valence electrons. The minimum atomic E-state index is -0.529. The fourth-order valence-corrected chi connectivity index (χ4v) is 4.96. The lowest BCUT2D eigenvalue weighted by molar-refractivity contribution is 0.259. The molecule has 12 heteroatoms. The summed E-state index contributed by atoms with van der Waals surface area (Å²) in [5.74, 6) is 0.123. The predicted octanol–water partition coefficient (Wildman–Crippen LogP) is 4.52. The highest BCUT2D eigenvalue weighted by Gasteiger charge is 2.18. The largest absolute Gasteiger partial charge is 0.370 e. The molecular weight excluding hydrogens is 604 g/mol. The van der Waals surface area contributed by atoms with Crippen LogP contribution in [0.3, 0.4) is 0 Å². The van der Waals surface area contributed by atoms with Crippen LogP contribution in [0.5, 0.6) is 0 Å². The molecule has 48 heavy (non-hydrogen) atoms. The Labute approximate surface area is 283 Å². The Morgan fingerprint density at radius 3 is 2.23 bits per heavy atom. The lowest BCUT2D eigenvalue weighted by atomic mass is 9.85. The highest BCUT2D eigenvalue weighted by molar-refractivity contribution is 5.88. The lowest BCUT2D eigenvalue weighted by Gasteiger charge is -2.21. The summed E-state index contributed by atoms with van der Waals surface area (Å²) in [5, 5.41) is 6.93. The van der Waals surface area contributed by atoms with Gasteiger partial charge in [-0.3, -0.25) is 9.56 Å². The monoisotopic (exact) mass is 658 g/mol. The second kappa shape index (κ2) is 16.9. The van der Waals surface area contributed by atoms with E-state index in [1.54, 1.807) is 4.57 Å². The Morgan fingerprint density at radius 1 is 0.917 bits per heavy atom. The molecule has 12 nitrogen and oxygen atoms in total. The number of aryl methyl sites for hydroxylation is 1. The summed E-state index contributed by atoms with van der Waals surface area (Å²) in [5.41, 5.74) is 27.8. The number of anilines is 1. The molecule has 0 aliphatic carbocycles. The minimum absolute atomic E-state index is 0.0352. The maximum Gasteiger partial charge on any atom is 0.354 e. The van der Waals surface area contributed by atoms with Crippen LogP contribution >= 0.6 is 0 Å². The van der Waals surface area contributed by atoms with Crippen LogP contribution < -0.4 is 39.3 Å². The lowest BCUT2D eigenvalue weighted by Crippen LogP contribution is -2.23. The van der Waals surface area contributed by atoms with Gasteiger partial charge in [0.05, 0.1) is 5.69 Å². The summed E-state index contributed by atoms with van der Waals surface area (Å²) >= 11 is 0. The van der Waals surface area contributed by atoms with Gasteiger partial charge in [0, 0.05) is 41.5 Å². The molecule has 0 bridgehead atoms. The fourth-order valence-electron chi connectivity index (χ4n) is 4.96. The van der Waals surface area contributed by atoms with Crippen molar-refractivity contribution in [1.82, 2.24) is 19.9 Å². The predicted molar refractivity (Wildman–Crippen MR) is 198 cm³/mol. The summed E-state index contributed by atoms with van der Waals surface area (Å²) in [6.45, 7) is 15.7. The molecule has 0 aliphatic rings. The van der Waals surface area contributed by atoms with Gasteiger partial charge in [-0.1, -0.05) is 59.7 Å². The molecule has 0 atom stereocenters. The smallest absolute Gasteiger partial charge is 0.354 e. The third-order valence-electron chi connectivity index (χ3n) is 7.71. The van der Waals surface area contributed by atoms with Gasteiger partial charge in [0.15, 0.2) is 5.96 Å². The van der Waals surface area contributed by atoms with Crippen molar-refractivity contribution in [1.29, 1.82) is 0 Å². The number of guanidine groups is 1. The Bertz CT molecular complexity index is 1720. The van der Waals surface area contributed by atoms with Gasteiger partial charge in [-0.25, -0.2) is 9.59 Å². The van der Waals surface area contributed by atoms with Crippen LogP contribution in [0.1, 0.15) is 83.2 Å². The van der Waals surface area contributed by atoms with Crippen molar-refractivity contribution in [3.63, 3.8) is 0 Å². The maximum absolute atomic E-state index is 12.5. The third kappa shape index (κ3) is 11.8. The molecule has 2 amide bonds. The number of aromatic amines is 1. The SMILES string of the molecule is CC(C)(C)c1cc(CCCCN)cc(NC(N)=O)c1.CC(C)(C)c1cc2cn(-c3ccc(CNCCCN=C(N)N)cc3)c(=O)nc2[nH]1. The zero-order valence-corrected chi connectivity index (χ0v) is 29.3. The van der Waals surface area contributed by atoms with Gasteiger partial charge in [0.1, 0.15) is 5.65 Å². The van der Waals surface area contributed by atoms with E-state index in [1.165, 1.54) is 11.1 Å². The standard InChI is InChI=1S/C21H29N7O.C15H25N3O/c1-21(2,3)17-11-15-13-28(20(29)27-18(15)26-17)16-7-5-14(6-8-16)12-24-9-4-10-25-19(22)23;1-15(2,3)12-8-11(6-4-5-7-16)9-13(10-12)18-14(17)19/h5-8,11,13,24H,4,9-10,12H2,1-3H3,(H4,22,23,25)(H,26,27,29);8-10H,4-7,16H2,1-3H3,(H3,17,18,19). The number of carbonyl (C=O) groups excluding carboxylic acids is 1. The number of nitrogens with zero attached hydrogens (tertiary/aromatic N) is 3. The summed E-state index contributed by atoms with van der Waals surface area (Å²) in [6.07, 6.45) is 5.74. The van der Waals surface area contributed by atoms with E-state index in [2.05, 4.69) is 79.3 Å². The van der Waals surface area contributed by atoms with Gasteiger partial charge >= 0.3 is 11.7 Å². The first-order valence-electron chi connectivity index (χ1n) is 16.5. The number of nitrogens with one attached hydrogen (secondary N) is 3. The van der Waals surface area contributed by atoms with E-state index in [0.717, 1.165) is 66.8 Å². The van der Waals surface area contributed by atoms with Gasteiger partial charge in [-0.2, -0.15) is 4.98 Å². The highest BCUT2D eigenvalue weighted by atomic mass is 16.2. The number of hydrogen-bond acceptors (Lipinski definition) is 6. The number of aliphatic imine (C=N–C) groups is 1. The van der Waals surface area contributed by atoms with Crippen LogP contribution in [-0.2, 0) is 23.8 Å². The van der Waals surface area contributed by atoms with Crippen LogP contribution in [0.25, 0.3) is 16.7 Å². The molecule has 2 heterocycles. The number of urea groups is 1. The molecule has 0 saturated carbocycles. The molecule has 2 aromatic carbocycles. The highest BCUT2D eigenvalue weighted by Crippen LogP contribution is 2.27. The Hall–Kier alpha value is -4.68. The average Bonchev–Trinajstić information content (AvgIpc) is 3.42. The van der Waals surface area contributed by atoms with Crippen molar-refractivity contribution in [2.45, 2.75) is 84.6 Å². The zero-order chi connectivity index (χ0) is 35.5. The van der Waals surface area contributed by atoms with Crippen LogP contribution in [0.15, 0.2) is 64.5 Å². The van der Waals surface area contributed by atoms with Crippen molar-refractivity contribution in [3.05, 3.63) is 87.6 Å². The number of rotatable bonds is 12. The van der Waals surface area contributed by atoms with Gasteiger partial charge in [0.2, 0.25) is 0 Å². The van der Waals surface area contributed by atoms with E-state index < -0.39 is 6.03 Å². The van der Waals surface area contributed by atoms with Crippen molar-refractivity contribution in [2.24, 2.45) is 27.9 Å². The number of H-pyrrole nitrogens is 1. The number of carbonyl (C=O) groups is 1. The molecule has 0 aliphatic heterocycles. The zero-order valence-electron chi connectivity index (χ0n) is 29.3. The normalized spacial score (nSPS) is 11.6. The molecule has 4 rings (SSSR count). The quantitative estimate of drug-likeness (QED) is 0.0657. The van der Waals surface area contributed by atoms with Crippen molar-refractivity contribution in [3.8, 4) is 5.69 Å². The molecule has 0 fully saturated rings. The van der Waals surface area contributed by atoms with Gasteiger partial charge < -0.3 is 38.6 Å². The van der Waals surface area contributed by atoms with Crippen LogP contribution in [0.2, 0.25) is 0 Å². The van der Waals surface area contributed by atoms with Crippen LogP contribution in [0.4, 0.5) is 10.5 Å². The van der Waals surface area contributed by atoms with Crippen LogP contribution in [-0.4, -0.2) is 46.2 Å². The van der Waals surface area contributed by atoms with E-state index in [9.17, 15) is 9.59 Å². The van der Waals surface area contributed by atoms with Crippen molar-refractivity contribution < 1.29 is 4.79 Å². The molecule has 4 aromatic rings. The second-order valence-electron chi connectivity index (χ2n) is 14.0. The van der Waals surface area contributed by atoms with E-state index in [-0.39, 0.29) is 22.5 Å².